The summed E-state index contributed by atoms with van der Waals surface area (Å²) in [7, 11) is 0. The van der Waals surface area contributed by atoms with Crippen LogP contribution in [0.15, 0.2) is 163 Å². The van der Waals surface area contributed by atoms with Crippen molar-refractivity contribution in [3.63, 3.8) is 0 Å². The van der Waals surface area contributed by atoms with Crippen molar-refractivity contribution < 1.29 is 0 Å². The van der Waals surface area contributed by atoms with Crippen LogP contribution in [-0.4, -0.2) is 64.4 Å². The highest BCUT2D eigenvalue weighted by Crippen LogP contribution is 2.51. The van der Waals surface area contributed by atoms with Crippen molar-refractivity contribution in [2.75, 3.05) is 0 Å². The minimum Gasteiger partial charge on any atom is -0.383 e. The van der Waals surface area contributed by atoms with Gasteiger partial charge in [0.2, 0.25) is 0 Å². The van der Waals surface area contributed by atoms with Crippen molar-refractivity contribution in [2.45, 2.75) is 147 Å². The Morgan fingerprint density at radius 3 is 2.62 bits per heavy atom. The Balaban J connectivity index is 1.05. The third kappa shape index (κ3) is 7.04. The molecule has 0 saturated carbocycles. The molecule has 5 heterocycles. The maximum atomic E-state index is 6.05. The molecule has 12 aliphatic rings. The summed E-state index contributed by atoms with van der Waals surface area (Å²) >= 11 is 0. The van der Waals surface area contributed by atoms with E-state index in [0.29, 0.717) is 29.7 Å². The first-order valence-electron chi connectivity index (χ1n) is 25.5. The maximum absolute atomic E-state index is 6.05. The van der Waals surface area contributed by atoms with Crippen molar-refractivity contribution in [2.24, 2.45) is 39.6 Å². The second-order valence-corrected chi connectivity index (χ2v) is 20.7. The normalized spacial score (nSPS) is 37.9. The molecule has 3 N–H and O–H groups in total. The lowest BCUT2D eigenvalue weighted by Crippen LogP contribution is -2.59. The highest BCUT2D eigenvalue weighted by molar-refractivity contribution is 6.01. The van der Waals surface area contributed by atoms with Gasteiger partial charge >= 0.3 is 0 Å². The maximum Gasteiger partial charge on any atom is 0.129 e. The van der Waals surface area contributed by atoms with Gasteiger partial charge in [-0.2, -0.15) is 0 Å². The summed E-state index contributed by atoms with van der Waals surface area (Å²) in [6.45, 7) is 7.26. The number of hydrogen-bond donors (Lipinski definition) is 3. The van der Waals surface area contributed by atoms with Gasteiger partial charge in [-0.3, -0.25) is 10.3 Å². The van der Waals surface area contributed by atoms with E-state index in [1.807, 2.05) is 6.20 Å². The van der Waals surface area contributed by atoms with Gasteiger partial charge in [0.25, 0.3) is 0 Å². The minimum atomic E-state index is -0.251. The molecular formula is C58H67N7. The zero-order valence-corrected chi connectivity index (χ0v) is 38.7. The average molecular weight is 862 g/mol. The highest BCUT2D eigenvalue weighted by Gasteiger charge is 2.52. The number of dihydropyridines is 1. The number of fused-ring (bicyclic) bond motifs is 5. The molecule has 7 heteroatoms. The van der Waals surface area contributed by atoms with Crippen LogP contribution < -0.4 is 16.0 Å². The molecule has 5 aliphatic heterocycles. The second kappa shape index (κ2) is 17.2. The predicted molar refractivity (Wildman–Crippen MR) is 266 cm³/mol. The zero-order chi connectivity index (χ0) is 43.6. The molecule has 0 spiro atoms. The molecule has 0 aromatic rings. The lowest BCUT2D eigenvalue weighted by Gasteiger charge is -2.48. The number of aliphatic imine (C=N–C) groups is 2. The molecular weight excluding hydrogens is 795 g/mol. The molecule has 0 radical (unpaired) electrons. The highest BCUT2D eigenvalue weighted by atomic mass is 15.3. The van der Waals surface area contributed by atoms with Crippen molar-refractivity contribution in [3.05, 3.63) is 153 Å². The van der Waals surface area contributed by atoms with Crippen LogP contribution in [0.3, 0.4) is 0 Å². The van der Waals surface area contributed by atoms with Crippen LogP contribution in [0.5, 0.6) is 0 Å². The monoisotopic (exact) mass is 862 g/mol. The molecule has 1 saturated heterocycles. The van der Waals surface area contributed by atoms with E-state index in [0.717, 1.165) is 56.4 Å². The van der Waals surface area contributed by atoms with Crippen molar-refractivity contribution >= 4 is 12.1 Å². The average Bonchev–Trinajstić information content (AvgIpc) is 3.87. The molecule has 0 bridgehead atoms. The predicted octanol–water partition coefficient (Wildman–Crippen LogP) is 10.5. The third-order valence-corrected chi connectivity index (χ3v) is 17.0. The molecule has 65 heavy (non-hydrogen) atoms. The van der Waals surface area contributed by atoms with Gasteiger partial charge < -0.3 is 20.4 Å². The van der Waals surface area contributed by atoms with Gasteiger partial charge in [-0.1, -0.05) is 109 Å². The number of allylic oxidation sites excluding steroid dienone is 11. The summed E-state index contributed by atoms with van der Waals surface area (Å²) in [5, 5.41) is 12.0. The van der Waals surface area contributed by atoms with E-state index in [9.17, 15) is 0 Å². The summed E-state index contributed by atoms with van der Waals surface area (Å²) < 4.78 is 0. The Morgan fingerprint density at radius 2 is 1.72 bits per heavy atom. The molecule has 1 fully saturated rings. The van der Waals surface area contributed by atoms with Gasteiger partial charge in [-0.25, -0.2) is 4.99 Å². The van der Waals surface area contributed by atoms with Crippen LogP contribution in [0, 0.1) is 41.4 Å². The molecule has 12 atom stereocenters. The topological polar surface area (TPSA) is 67.3 Å². The number of nitrogens with zero attached hydrogens (tertiary/aromatic N) is 4. The smallest absolute Gasteiger partial charge is 0.129 e. The summed E-state index contributed by atoms with van der Waals surface area (Å²) in [5.74, 6) is 10.1. The lowest BCUT2D eigenvalue weighted by molar-refractivity contribution is 0.155. The van der Waals surface area contributed by atoms with E-state index < -0.39 is 0 Å². The Labute approximate surface area is 387 Å². The fraction of sp³-hybridized carbons (Fsp3) is 0.483. The zero-order valence-electron chi connectivity index (χ0n) is 38.7. The standard InChI is InChI=1S/C58H67N7/c1-36-17-7-9-21-40(36)45-25-15-27-48(54(45)64-50-29-13-11-23-42(50)44-31-33-59-35-52(44)64)57-61-56(39-19-5-4-6-20-39)62-58(63-57)49-28-16-26-46(41-22-10-8-18-37(41)2)55(49)65-51-30-14-12-24-43(51)47-32-34-60-38(3)53(47)65/h11-13,16,19,21,23-26,28-29,31-36,38,42-44,46,50-52,55-56,58,60,62H,4-5,7-10,14-15,17-18,22,27,30H2,1-3H3,(H,61,63). The third-order valence-electron chi connectivity index (χ3n) is 17.0. The van der Waals surface area contributed by atoms with Gasteiger partial charge in [0.05, 0.1) is 29.9 Å². The van der Waals surface area contributed by atoms with Gasteiger partial charge in [-0.05, 0) is 131 Å². The van der Waals surface area contributed by atoms with Crippen LogP contribution in [0.2, 0.25) is 0 Å². The van der Waals surface area contributed by atoms with E-state index >= 15 is 0 Å². The van der Waals surface area contributed by atoms with Crippen LogP contribution in [0.4, 0.5) is 0 Å². The van der Waals surface area contributed by atoms with Crippen molar-refractivity contribution in [1.82, 2.24) is 25.8 Å². The molecule has 0 amide bonds. The first kappa shape index (κ1) is 41.1. The minimum absolute atomic E-state index is 0.131. The van der Waals surface area contributed by atoms with Gasteiger partial charge in [0.15, 0.2) is 0 Å². The number of rotatable bonds is 7. The molecule has 7 aliphatic carbocycles. The molecule has 7 nitrogen and oxygen atoms in total. The molecule has 0 aromatic carbocycles. The van der Waals surface area contributed by atoms with Gasteiger partial charge in [0.1, 0.15) is 18.2 Å². The van der Waals surface area contributed by atoms with Crippen molar-refractivity contribution in [3.8, 4) is 11.8 Å². The largest absolute Gasteiger partial charge is 0.383 e. The summed E-state index contributed by atoms with van der Waals surface area (Å²) in [6, 6.07) is 1.15. The number of hydrogen-bond acceptors (Lipinski definition) is 7. The van der Waals surface area contributed by atoms with E-state index in [4.69, 9.17) is 9.98 Å². The van der Waals surface area contributed by atoms with E-state index in [1.54, 1.807) is 11.1 Å². The number of amidine groups is 1. The lowest BCUT2D eigenvalue weighted by atomic mass is 9.74. The Hall–Kier alpha value is -5.32. The molecule has 0 aromatic heterocycles. The fourth-order valence-electron chi connectivity index (χ4n) is 14.0. The Bertz CT molecular complexity index is 2510. The Kier molecular flexibility index (Phi) is 10.9. The summed E-state index contributed by atoms with van der Waals surface area (Å²) in [6.07, 6.45) is 54.8. The van der Waals surface area contributed by atoms with E-state index in [1.165, 1.54) is 77.8 Å². The van der Waals surface area contributed by atoms with Crippen LogP contribution in [0.1, 0.15) is 104 Å². The fourth-order valence-corrected chi connectivity index (χ4v) is 14.0. The molecule has 12 unspecified atom stereocenters. The first-order chi connectivity index (χ1) is 32.0. The van der Waals surface area contributed by atoms with Gasteiger partial charge in [0, 0.05) is 65.4 Å². The molecule has 12 rings (SSSR count). The quantitative estimate of drug-likeness (QED) is 0.176. The molecule has 334 valence electrons. The number of likely N-dealkylation sites (tertiary alicyclic amines) is 1. The summed E-state index contributed by atoms with van der Waals surface area (Å²) in [5.41, 5.74) is 14.4. The van der Waals surface area contributed by atoms with E-state index in [-0.39, 0.29) is 42.4 Å². The van der Waals surface area contributed by atoms with Gasteiger partial charge in [-0.15, -0.1) is 0 Å². The second-order valence-electron chi connectivity index (χ2n) is 20.7. The van der Waals surface area contributed by atoms with E-state index in [2.05, 4.69) is 156 Å². The first-order valence-corrected chi connectivity index (χ1v) is 25.5. The van der Waals surface area contributed by atoms with Crippen molar-refractivity contribution in [1.29, 1.82) is 0 Å². The number of nitrogens with one attached hydrogen (secondary N) is 3. The van der Waals surface area contributed by atoms with Crippen LogP contribution >= 0.6 is 0 Å². The van der Waals surface area contributed by atoms with Crippen LogP contribution in [0.25, 0.3) is 0 Å². The van der Waals surface area contributed by atoms with Crippen LogP contribution in [-0.2, 0) is 0 Å². The summed E-state index contributed by atoms with van der Waals surface area (Å²) in [4.78, 5) is 16.6. The Morgan fingerprint density at radius 1 is 0.815 bits per heavy atom. The SMILES string of the molecule is CC1=C(C2C=CC=C(C3N=C(C4=C(N5C6C=CC=CC6C6C=CN=CC65)C(C5=CCCCC5C)=CCC4)NC(C4=CCCC#C4)N3)C2N2C3=C(C=CNC3C)C3C=CCCC32)CCCC1.